The van der Waals surface area contributed by atoms with E-state index in [9.17, 15) is 0 Å². The third-order valence-corrected chi connectivity index (χ3v) is 7.09. The molecule has 0 amide bonds. The number of nitrogen functional groups attached to an aromatic ring is 1. The Hall–Kier alpha value is -4.16. The lowest BCUT2D eigenvalue weighted by molar-refractivity contribution is 0.837. The van der Waals surface area contributed by atoms with E-state index in [0.717, 1.165) is 44.9 Å². The molecule has 0 fully saturated rings. The van der Waals surface area contributed by atoms with E-state index in [1.807, 2.05) is 24.4 Å². The molecule has 0 unspecified atom stereocenters. The highest BCUT2D eigenvalue weighted by atomic mass is 35.5. The molecule has 6 rings (SSSR count). The molecule has 0 radical (unpaired) electrons. The Morgan fingerprint density at radius 3 is 2.69 bits per heavy atom. The van der Waals surface area contributed by atoms with E-state index in [2.05, 4.69) is 75.2 Å². The number of anilines is 2. The van der Waals surface area contributed by atoms with Gasteiger partial charge < -0.3 is 15.6 Å². The summed E-state index contributed by atoms with van der Waals surface area (Å²) in [5.74, 6) is 1.40. The zero-order valence-corrected chi connectivity index (χ0v) is 20.8. The molecule has 0 spiro atoms. The number of benzene rings is 2. The number of aromatic nitrogens is 4. The van der Waals surface area contributed by atoms with Gasteiger partial charge in [-0.3, -0.25) is 4.98 Å². The molecule has 3 N–H and O–H groups in total. The first-order valence-electron chi connectivity index (χ1n) is 11.8. The van der Waals surface area contributed by atoms with E-state index in [1.165, 1.54) is 22.3 Å². The lowest BCUT2D eigenvalue weighted by Crippen LogP contribution is -2.06. The van der Waals surface area contributed by atoms with Gasteiger partial charge in [0, 0.05) is 60.1 Å². The lowest BCUT2D eigenvalue weighted by Gasteiger charge is -2.15. The maximum Gasteiger partial charge on any atom is 0.131 e. The van der Waals surface area contributed by atoms with Crippen molar-refractivity contribution in [3.8, 4) is 0 Å². The number of fused-ring (bicyclic) bond motifs is 3. The van der Waals surface area contributed by atoms with Gasteiger partial charge in [-0.25, -0.2) is 9.97 Å². The summed E-state index contributed by atoms with van der Waals surface area (Å²) in [7, 11) is 0. The maximum absolute atomic E-state index is 6.15. The second-order valence-electron chi connectivity index (χ2n) is 9.19. The van der Waals surface area contributed by atoms with Gasteiger partial charge in [0.05, 0.1) is 16.1 Å². The molecule has 0 saturated carbocycles. The minimum absolute atomic E-state index is 0.567. The zero-order chi connectivity index (χ0) is 24.8. The van der Waals surface area contributed by atoms with E-state index in [0.29, 0.717) is 17.4 Å². The van der Waals surface area contributed by atoms with Gasteiger partial charge in [0.2, 0.25) is 0 Å². The van der Waals surface area contributed by atoms with Crippen LogP contribution in [0.1, 0.15) is 22.3 Å². The van der Waals surface area contributed by atoms with E-state index in [1.54, 1.807) is 12.4 Å². The van der Waals surface area contributed by atoms with E-state index in [4.69, 9.17) is 17.3 Å². The Bertz CT molecular complexity index is 1770. The van der Waals surface area contributed by atoms with Crippen molar-refractivity contribution >= 4 is 55.8 Å². The first kappa shape index (κ1) is 22.3. The molecule has 4 heterocycles. The average molecular weight is 493 g/mol. The fourth-order valence-corrected chi connectivity index (χ4v) is 5.11. The molecule has 0 atom stereocenters. The van der Waals surface area contributed by atoms with Gasteiger partial charge in [0.1, 0.15) is 11.6 Å². The normalized spacial score (nSPS) is 11.5. The van der Waals surface area contributed by atoms with Gasteiger partial charge in [-0.05, 0) is 77.9 Å². The summed E-state index contributed by atoms with van der Waals surface area (Å²) in [4.78, 5) is 13.3. The van der Waals surface area contributed by atoms with Crippen LogP contribution in [0.4, 0.5) is 11.6 Å². The first-order chi connectivity index (χ1) is 17.5. The fraction of sp³-hybridized carbons (Fsp3) is 0.138. The number of rotatable bonds is 5. The van der Waals surface area contributed by atoms with Gasteiger partial charge in [-0.1, -0.05) is 17.7 Å². The van der Waals surface area contributed by atoms with Crippen molar-refractivity contribution in [2.45, 2.75) is 26.9 Å². The molecule has 4 aromatic heterocycles. The second-order valence-corrected chi connectivity index (χ2v) is 9.63. The molecule has 0 aliphatic carbocycles. The smallest absolute Gasteiger partial charge is 0.131 e. The molecule has 0 aliphatic rings. The van der Waals surface area contributed by atoms with Crippen molar-refractivity contribution in [2.75, 3.05) is 11.1 Å². The first-order valence-corrected chi connectivity index (χ1v) is 12.2. The Morgan fingerprint density at radius 1 is 0.917 bits per heavy atom. The monoisotopic (exact) mass is 492 g/mol. The summed E-state index contributed by atoms with van der Waals surface area (Å²) in [5, 5.41) is 8.45. The van der Waals surface area contributed by atoms with Gasteiger partial charge >= 0.3 is 0 Å². The van der Waals surface area contributed by atoms with Crippen molar-refractivity contribution in [2.24, 2.45) is 0 Å². The number of pyridine rings is 3. The molecule has 6 aromatic rings. The van der Waals surface area contributed by atoms with Crippen molar-refractivity contribution in [3.63, 3.8) is 0 Å². The van der Waals surface area contributed by atoms with E-state index < -0.39 is 0 Å². The fourth-order valence-electron chi connectivity index (χ4n) is 4.95. The van der Waals surface area contributed by atoms with Crippen LogP contribution in [-0.4, -0.2) is 19.5 Å². The van der Waals surface area contributed by atoms with E-state index >= 15 is 0 Å². The number of hydrogen-bond acceptors (Lipinski definition) is 5. The van der Waals surface area contributed by atoms with Gasteiger partial charge in [0.15, 0.2) is 0 Å². The van der Waals surface area contributed by atoms with Crippen molar-refractivity contribution in [3.05, 3.63) is 101 Å². The van der Waals surface area contributed by atoms with Crippen LogP contribution in [0.25, 0.3) is 32.6 Å². The molecule has 36 heavy (non-hydrogen) atoms. The van der Waals surface area contributed by atoms with Crippen LogP contribution in [0.2, 0.25) is 5.02 Å². The van der Waals surface area contributed by atoms with Gasteiger partial charge in [-0.15, -0.1) is 0 Å². The molecule has 0 bridgehead atoms. The lowest BCUT2D eigenvalue weighted by atomic mass is 9.96. The standard InChI is InChI=1S/C29H25ClN6/c1-17-9-24-23(5-7-32-29(24)31)18(2)25(17)15-35-28-12-27-20(13-34-28)6-8-36(27)16-19-3-4-26-21(10-19)11-22(30)14-33-26/h3-14H,15-16H2,1-2H3,(H2,31,32)(H,34,35). The Labute approximate surface area is 213 Å². The van der Waals surface area contributed by atoms with Crippen LogP contribution >= 0.6 is 11.6 Å². The molecular weight excluding hydrogens is 468 g/mol. The molecule has 7 heteroatoms. The highest BCUT2D eigenvalue weighted by molar-refractivity contribution is 6.31. The molecule has 0 aliphatic heterocycles. The number of nitrogens with one attached hydrogen (secondary N) is 1. The van der Waals surface area contributed by atoms with Crippen LogP contribution in [0.3, 0.4) is 0 Å². The van der Waals surface area contributed by atoms with Crippen LogP contribution in [0.15, 0.2) is 73.3 Å². The van der Waals surface area contributed by atoms with Crippen LogP contribution in [0, 0.1) is 13.8 Å². The Morgan fingerprint density at radius 2 is 1.81 bits per heavy atom. The summed E-state index contributed by atoms with van der Waals surface area (Å²) < 4.78 is 2.24. The van der Waals surface area contributed by atoms with E-state index in [-0.39, 0.29) is 0 Å². The highest BCUT2D eigenvalue weighted by Crippen LogP contribution is 2.29. The summed E-state index contributed by atoms with van der Waals surface area (Å²) in [5.41, 5.74) is 13.0. The quantitative estimate of drug-likeness (QED) is 0.281. The van der Waals surface area contributed by atoms with Gasteiger partial charge in [-0.2, -0.15) is 0 Å². The van der Waals surface area contributed by atoms with Crippen molar-refractivity contribution < 1.29 is 0 Å². The average Bonchev–Trinajstić information content (AvgIpc) is 3.26. The van der Waals surface area contributed by atoms with Crippen LogP contribution in [0.5, 0.6) is 0 Å². The highest BCUT2D eigenvalue weighted by Gasteiger charge is 2.11. The third kappa shape index (κ3) is 3.99. The number of hydrogen-bond donors (Lipinski definition) is 2. The molecule has 6 nitrogen and oxygen atoms in total. The second kappa shape index (κ2) is 8.81. The predicted molar refractivity (Wildman–Crippen MR) is 149 cm³/mol. The Balaban J connectivity index is 1.28. The summed E-state index contributed by atoms with van der Waals surface area (Å²) in [6.07, 6.45) is 7.47. The van der Waals surface area contributed by atoms with Gasteiger partial charge in [0.25, 0.3) is 0 Å². The summed E-state index contributed by atoms with van der Waals surface area (Å²) in [6.45, 7) is 5.67. The largest absolute Gasteiger partial charge is 0.383 e. The topological polar surface area (TPSA) is 81.6 Å². The predicted octanol–water partition coefficient (Wildman–Crippen LogP) is 6.65. The zero-order valence-electron chi connectivity index (χ0n) is 20.1. The number of nitrogens with zero attached hydrogens (tertiary/aromatic N) is 4. The van der Waals surface area contributed by atoms with Crippen molar-refractivity contribution in [1.29, 1.82) is 0 Å². The SMILES string of the molecule is Cc1cc2c(N)nccc2c(C)c1CNc1cc2c(ccn2Cc2ccc3ncc(Cl)cc3c2)cn1. The summed E-state index contributed by atoms with van der Waals surface area (Å²) in [6, 6.07) is 16.6. The molecular formula is C29H25ClN6. The van der Waals surface area contributed by atoms with Crippen LogP contribution < -0.4 is 11.1 Å². The molecule has 2 aromatic carbocycles. The molecule has 0 saturated heterocycles. The summed E-state index contributed by atoms with van der Waals surface area (Å²) >= 11 is 6.15. The number of nitrogens with two attached hydrogens (primary N) is 1. The third-order valence-electron chi connectivity index (χ3n) is 6.88. The minimum atomic E-state index is 0.567. The van der Waals surface area contributed by atoms with Crippen molar-refractivity contribution in [1.82, 2.24) is 19.5 Å². The molecule has 178 valence electrons. The maximum atomic E-state index is 6.15. The Kier molecular flexibility index (Phi) is 5.46. The number of aryl methyl sites for hydroxylation is 2. The number of halogens is 1. The van der Waals surface area contributed by atoms with Crippen LogP contribution in [-0.2, 0) is 13.1 Å². The minimum Gasteiger partial charge on any atom is -0.383 e.